The number of carbonyl (C=O) groups excluding carboxylic acids is 3. The van der Waals surface area contributed by atoms with E-state index in [-0.39, 0.29) is 84.6 Å². The van der Waals surface area contributed by atoms with Gasteiger partial charge in [-0.15, -0.1) is 9.59 Å². The van der Waals surface area contributed by atoms with E-state index < -0.39 is 69.3 Å². The number of thiophene rings is 2. The van der Waals surface area contributed by atoms with Crippen molar-refractivity contribution in [3.05, 3.63) is 137 Å². The monoisotopic (exact) mass is 1140 g/mol. The van der Waals surface area contributed by atoms with Gasteiger partial charge in [0, 0.05) is 43.6 Å². The third-order valence-corrected chi connectivity index (χ3v) is 15.4. The van der Waals surface area contributed by atoms with Crippen LogP contribution in [0.4, 0.5) is 8.78 Å². The van der Waals surface area contributed by atoms with Gasteiger partial charge in [0.15, 0.2) is 5.78 Å². The number of likely N-dealkylation sites (N-methyl/N-ethyl adjacent to an activating group) is 1. The summed E-state index contributed by atoms with van der Waals surface area (Å²) in [5.41, 5.74) is -4.56. The van der Waals surface area contributed by atoms with Gasteiger partial charge in [0.25, 0.3) is 11.1 Å². The normalized spacial score (nSPS) is 12.2. The van der Waals surface area contributed by atoms with Crippen LogP contribution in [0.3, 0.4) is 0 Å². The summed E-state index contributed by atoms with van der Waals surface area (Å²) in [6.45, 7) is 13.8. The van der Waals surface area contributed by atoms with E-state index in [2.05, 4.69) is 25.7 Å². The molecule has 0 aliphatic heterocycles. The van der Waals surface area contributed by atoms with Crippen LogP contribution in [0.15, 0.2) is 80.4 Å². The molecule has 0 radical (unpaired) electrons. The first-order chi connectivity index (χ1) is 36.4. The van der Waals surface area contributed by atoms with E-state index in [1.54, 1.807) is 20.8 Å². The Balaban J connectivity index is 0.000000333. The van der Waals surface area contributed by atoms with Gasteiger partial charge in [-0.1, -0.05) is 44.5 Å². The lowest BCUT2D eigenvalue weighted by Crippen LogP contribution is -2.55. The molecule has 0 aliphatic rings. The van der Waals surface area contributed by atoms with Crippen LogP contribution in [0.25, 0.3) is 30.4 Å². The fraction of sp³-hybridized carbons (Fsp3) is 0.415. The maximum atomic E-state index is 14.3. The first kappa shape index (κ1) is 61.9. The molecule has 2 N–H and O–H groups in total. The number of nitrogens with one attached hydrogen (secondary N) is 1. The highest BCUT2D eigenvalue weighted by molar-refractivity contribution is 7.21. The average molecular weight is 1140 g/mol. The third-order valence-electron chi connectivity index (χ3n) is 12.8. The summed E-state index contributed by atoms with van der Waals surface area (Å²) >= 11 is 2.20. The number of halogens is 2. The Morgan fingerprint density at radius 2 is 1.14 bits per heavy atom. The molecule has 0 spiro atoms. The van der Waals surface area contributed by atoms with Crippen molar-refractivity contribution >= 4 is 60.8 Å². The molecule has 0 bridgehead atoms. The fourth-order valence-electron chi connectivity index (χ4n) is 8.90. The number of ether oxygens (including phenoxy) is 3. The van der Waals surface area contributed by atoms with Crippen LogP contribution in [-0.2, 0) is 43.3 Å². The topological polar surface area (TPSA) is 261 Å². The second kappa shape index (κ2) is 24.8. The van der Waals surface area contributed by atoms with E-state index >= 15 is 0 Å². The van der Waals surface area contributed by atoms with Crippen molar-refractivity contribution in [1.82, 2.24) is 53.6 Å². The summed E-state index contributed by atoms with van der Waals surface area (Å²) in [5, 5.41) is 31.8. The molecular weight excluding hydrogens is 1070 g/mol. The molecule has 79 heavy (non-hydrogen) atoms. The number of amides is 1. The summed E-state index contributed by atoms with van der Waals surface area (Å²) < 4.78 is 48.9. The van der Waals surface area contributed by atoms with Crippen LogP contribution in [0.5, 0.6) is 11.5 Å². The summed E-state index contributed by atoms with van der Waals surface area (Å²) in [6, 6.07) is 7.45. The van der Waals surface area contributed by atoms with Crippen LogP contribution in [0.2, 0.25) is 0 Å². The van der Waals surface area contributed by atoms with Gasteiger partial charge in [0.05, 0.1) is 62.9 Å². The number of benzene rings is 2. The van der Waals surface area contributed by atoms with E-state index in [1.807, 2.05) is 6.92 Å². The molecule has 0 saturated heterocycles. The molecule has 6 heterocycles. The number of hydrogen-bond acceptors (Lipinski definition) is 17. The molecular formula is C53H67F2N11O11S2. The minimum Gasteiger partial charge on any atom is -0.496 e. The van der Waals surface area contributed by atoms with Crippen molar-refractivity contribution in [1.29, 1.82) is 0 Å². The van der Waals surface area contributed by atoms with Gasteiger partial charge < -0.3 is 24.6 Å². The summed E-state index contributed by atoms with van der Waals surface area (Å²) in [5.74, 6) is -2.18. The largest absolute Gasteiger partial charge is 0.496 e. The molecule has 0 aliphatic carbocycles. The van der Waals surface area contributed by atoms with Crippen LogP contribution in [-0.4, -0.2) is 91.8 Å². The zero-order valence-electron chi connectivity index (χ0n) is 44.0. The van der Waals surface area contributed by atoms with Gasteiger partial charge in [-0.25, -0.2) is 27.5 Å². The Morgan fingerprint density at radius 1 is 0.709 bits per heavy atom. The van der Waals surface area contributed by atoms with E-state index in [9.17, 15) is 47.4 Å². The molecule has 0 unspecified atom stereocenters. The fourth-order valence-corrected chi connectivity index (χ4v) is 11.3. The highest BCUT2D eigenvalue weighted by Gasteiger charge is 2.38. The van der Waals surface area contributed by atoms with Gasteiger partial charge in [-0.2, -0.15) is 20.4 Å². The number of carbonyl (C=O) groups is 3. The third kappa shape index (κ3) is 11.8. The SMILES string of the molecule is C.C.CCCC(=O)C(C)(C)n1c(=O)c2c(C)c(-n3nccn3)sc2n(C[C@H](OC(C)=O)c2cc(F)ccc2OC)c1=O.CCNC(=O)C(C)(C)n1c(=O)c2c(C)c(-n3nccn3)sc2n(C[C@@H](O)c2cc(F)ccc2OC)c1=O.[HH]. The maximum Gasteiger partial charge on any atom is 0.333 e. The standard InChI is InChI=1S/C27H30FN5O6S.C24H27FN6O5S.2CH4.H2/c1-7-8-21(35)27(4,5)32-23(36)22-15(2)24(33-29-11-12-30-33)40-25(22)31(26(32)37)14-20(39-16(3)34)18-13-17(28)9-10-19(18)38-6;1-6-26-22(34)24(3,4)30-19(33)18-13(2)20(31-27-9-10-28-31)37-21(18)29(23(30)35)12-16(32)15-11-14(25)7-8-17(15)36-5;;;/h9-13,20H,7-8,14H2,1-6H3;7-11,16,32H,6,12H2,1-5H3,(H,26,34);2*1H4;1H/t20-;16-;;;/m01.../s1. The van der Waals surface area contributed by atoms with E-state index in [4.69, 9.17) is 14.2 Å². The minimum absolute atomic E-state index is 0. The van der Waals surface area contributed by atoms with Gasteiger partial charge in [0.2, 0.25) is 5.91 Å². The summed E-state index contributed by atoms with van der Waals surface area (Å²) in [6.07, 6.45) is 4.08. The number of rotatable bonds is 18. The molecule has 1 amide bonds. The number of aryl methyl sites for hydroxylation is 2. The minimum atomic E-state index is -1.56. The average Bonchev–Trinajstić information content (AvgIpc) is 4.22. The number of aromatic nitrogens is 10. The Kier molecular flexibility index (Phi) is 19.4. The van der Waals surface area contributed by atoms with E-state index in [0.29, 0.717) is 34.1 Å². The van der Waals surface area contributed by atoms with Crippen LogP contribution in [0.1, 0.15) is 112 Å². The smallest absolute Gasteiger partial charge is 0.333 e. The van der Waals surface area contributed by atoms with Gasteiger partial charge in [-0.3, -0.25) is 33.1 Å². The van der Waals surface area contributed by atoms with Crippen LogP contribution in [0, 0.1) is 25.5 Å². The lowest BCUT2D eigenvalue weighted by molar-refractivity contribution is -0.147. The number of Topliss-reactive ketones (excluding diaryl/α,β-unsaturated/α-hetero) is 1. The molecule has 0 fully saturated rings. The van der Waals surface area contributed by atoms with Crippen molar-refractivity contribution in [2.24, 2.45) is 0 Å². The Bertz CT molecular complexity index is 3790. The van der Waals surface area contributed by atoms with Gasteiger partial charge in [-0.05, 0) is 91.3 Å². The number of nitrogens with zero attached hydrogens (tertiary/aromatic N) is 10. The second-order valence-corrected chi connectivity index (χ2v) is 20.6. The number of aliphatic hydroxyl groups excluding tert-OH is 1. The van der Waals surface area contributed by atoms with Crippen molar-refractivity contribution in [2.45, 2.75) is 126 Å². The first-order valence-corrected chi connectivity index (χ1v) is 25.7. The van der Waals surface area contributed by atoms with Gasteiger partial charge >= 0.3 is 17.3 Å². The van der Waals surface area contributed by atoms with E-state index in [1.165, 1.54) is 117 Å². The Morgan fingerprint density at radius 3 is 1.57 bits per heavy atom. The van der Waals surface area contributed by atoms with Crippen molar-refractivity contribution in [2.75, 3.05) is 20.8 Å². The number of ketones is 1. The molecule has 0 saturated carbocycles. The number of methoxy groups -OCH3 is 2. The number of aliphatic hydroxyl groups is 1. The van der Waals surface area contributed by atoms with Gasteiger partial charge in [0.1, 0.15) is 66.1 Å². The first-order valence-electron chi connectivity index (χ1n) is 24.1. The van der Waals surface area contributed by atoms with Crippen molar-refractivity contribution < 1.29 is 43.9 Å². The molecule has 2 aromatic carbocycles. The van der Waals surface area contributed by atoms with E-state index in [0.717, 1.165) is 43.9 Å². The number of fused-ring (bicyclic) bond motifs is 2. The second-order valence-electron chi connectivity index (χ2n) is 18.7. The Hall–Kier alpha value is -7.97. The number of hydrogen-bond donors (Lipinski definition) is 2. The lowest BCUT2D eigenvalue weighted by atomic mass is 9.95. The summed E-state index contributed by atoms with van der Waals surface area (Å²) in [4.78, 5) is 97.1. The highest BCUT2D eigenvalue weighted by Crippen LogP contribution is 2.36. The number of esters is 1. The molecule has 6 aromatic heterocycles. The quantitative estimate of drug-likeness (QED) is 0.0816. The highest BCUT2D eigenvalue weighted by atomic mass is 32.1. The molecule has 22 nitrogen and oxygen atoms in total. The molecule has 26 heteroatoms. The van der Waals surface area contributed by atoms with Crippen molar-refractivity contribution in [3.8, 4) is 21.5 Å². The lowest BCUT2D eigenvalue weighted by Gasteiger charge is -2.27. The van der Waals surface area contributed by atoms with Crippen LogP contribution < -0.4 is 37.3 Å². The molecule has 8 rings (SSSR count). The predicted octanol–water partition coefficient (Wildman–Crippen LogP) is 7.05. The summed E-state index contributed by atoms with van der Waals surface area (Å²) in [7, 11) is 2.77. The zero-order chi connectivity index (χ0) is 56.4. The molecule has 426 valence electrons. The van der Waals surface area contributed by atoms with Crippen molar-refractivity contribution in [3.63, 3.8) is 0 Å². The predicted molar refractivity (Wildman–Crippen MR) is 298 cm³/mol. The molecule has 8 aromatic rings. The Labute approximate surface area is 461 Å². The van der Waals surface area contributed by atoms with Crippen LogP contribution >= 0.6 is 22.7 Å². The molecule has 2 atom stereocenters. The zero-order valence-corrected chi connectivity index (χ0v) is 45.7. The maximum absolute atomic E-state index is 14.3.